The third-order valence-corrected chi connectivity index (χ3v) is 5.74. The first-order valence-corrected chi connectivity index (χ1v) is 8.68. The molecule has 2 aromatic rings. The zero-order valence-electron chi connectivity index (χ0n) is 13.6. The van der Waals surface area contributed by atoms with E-state index < -0.39 is 0 Å². The maximum absolute atomic E-state index is 13.1. The second-order valence-electron chi connectivity index (χ2n) is 7.19. The van der Waals surface area contributed by atoms with Crippen LogP contribution in [0.3, 0.4) is 0 Å². The van der Waals surface area contributed by atoms with Gasteiger partial charge in [0.05, 0.1) is 11.7 Å². The van der Waals surface area contributed by atoms with Gasteiger partial charge in [0.1, 0.15) is 0 Å². The van der Waals surface area contributed by atoms with Crippen LogP contribution in [0.4, 0.5) is 0 Å². The molecule has 126 valence electrons. The van der Waals surface area contributed by atoms with Gasteiger partial charge in [0.2, 0.25) is 5.56 Å². The third kappa shape index (κ3) is 2.44. The highest BCUT2D eigenvalue weighted by Crippen LogP contribution is 2.45. The molecule has 1 saturated heterocycles. The quantitative estimate of drug-likeness (QED) is 0.844. The molecule has 0 bridgehead atoms. The van der Waals surface area contributed by atoms with Crippen LogP contribution in [0.2, 0.25) is 0 Å². The van der Waals surface area contributed by atoms with E-state index in [1.54, 1.807) is 0 Å². The lowest BCUT2D eigenvalue weighted by atomic mass is 9.76. The smallest absolute Gasteiger partial charge is 0.254 e. The van der Waals surface area contributed by atoms with Crippen LogP contribution >= 0.6 is 0 Å². The number of para-hydroxylation sites is 1. The molecule has 1 saturated carbocycles. The standard InChI is InChI=1S/C19H22N2O3/c22-16-7-3-8-19(16)9-4-10-21(12-19)18(24)14-11-17(23)20-15-6-2-1-5-13(14)15/h1-2,5-6,11,16,22H,3-4,7-10,12H2,(H,20,23)/t16-,19-/m1/s1. The Bertz CT molecular complexity index is 844. The van der Waals surface area contributed by atoms with Gasteiger partial charge in [-0.05, 0) is 31.7 Å². The molecule has 2 fully saturated rings. The topological polar surface area (TPSA) is 73.4 Å². The van der Waals surface area contributed by atoms with Gasteiger partial charge >= 0.3 is 0 Å². The van der Waals surface area contributed by atoms with E-state index in [-0.39, 0.29) is 23.0 Å². The first-order valence-electron chi connectivity index (χ1n) is 8.68. The highest BCUT2D eigenvalue weighted by Gasteiger charge is 2.45. The number of amides is 1. The van der Waals surface area contributed by atoms with Crippen LogP contribution < -0.4 is 5.56 Å². The molecule has 2 aliphatic rings. The maximum atomic E-state index is 13.1. The van der Waals surface area contributed by atoms with E-state index in [0.717, 1.165) is 37.5 Å². The molecule has 4 rings (SSSR count). The van der Waals surface area contributed by atoms with E-state index in [2.05, 4.69) is 4.98 Å². The Labute approximate surface area is 140 Å². The number of carbonyl (C=O) groups is 1. The third-order valence-electron chi connectivity index (χ3n) is 5.74. The van der Waals surface area contributed by atoms with Gasteiger partial charge in [0, 0.05) is 35.5 Å². The van der Waals surface area contributed by atoms with Gasteiger partial charge in [-0.25, -0.2) is 0 Å². The number of aliphatic hydroxyl groups excluding tert-OH is 1. The lowest BCUT2D eigenvalue weighted by molar-refractivity contribution is -0.00529. The number of H-pyrrole nitrogens is 1. The Hall–Kier alpha value is -2.14. The SMILES string of the molecule is O=C(c1cc(=O)[nH]c2ccccc12)N1CCC[C@]2(CCC[C@H]2O)C1. The number of fused-ring (bicyclic) bond motifs is 1. The van der Waals surface area contributed by atoms with E-state index in [9.17, 15) is 14.7 Å². The highest BCUT2D eigenvalue weighted by molar-refractivity contribution is 6.06. The van der Waals surface area contributed by atoms with Crippen LogP contribution in [0, 0.1) is 5.41 Å². The summed E-state index contributed by atoms with van der Waals surface area (Å²) in [5.41, 5.74) is 0.731. The molecule has 2 N–H and O–H groups in total. The number of aromatic nitrogens is 1. The van der Waals surface area contributed by atoms with Crippen LogP contribution in [-0.2, 0) is 0 Å². The Morgan fingerprint density at radius 3 is 2.83 bits per heavy atom. The Morgan fingerprint density at radius 2 is 2.04 bits per heavy atom. The summed E-state index contributed by atoms with van der Waals surface area (Å²) in [5, 5.41) is 11.2. The number of nitrogens with one attached hydrogen (secondary N) is 1. The zero-order chi connectivity index (χ0) is 16.7. The molecular formula is C19H22N2O3. The van der Waals surface area contributed by atoms with E-state index in [4.69, 9.17) is 0 Å². The molecular weight excluding hydrogens is 304 g/mol. The molecule has 2 atom stereocenters. The van der Waals surface area contributed by atoms with Crippen LogP contribution in [0.15, 0.2) is 35.1 Å². The summed E-state index contributed by atoms with van der Waals surface area (Å²) in [6.45, 7) is 1.28. The number of pyridine rings is 1. The van der Waals surface area contributed by atoms with E-state index in [0.29, 0.717) is 24.2 Å². The molecule has 2 heterocycles. The monoisotopic (exact) mass is 326 g/mol. The first kappa shape index (κ1) is 15.4. The van der Waals surface area contributed by atoms with Crippen molar-refractivity contribution in [3.63, 3.8) is 0 Å². The normalized spacial score (nSPS) is 27.0. The van der Waals surface area contributed by atoms with Crippen molar-refractivity contribution in [2.75, 3.05) is 13.1 Å². The molecule has 0 unspecified atom stereocenters. The minimum absolute atomic E-state index is 0.101. The number of likely N-dealkylation sites (tertiary alicyclic amines) is 1. The Balaban J connectivity index is 1.70. The van der Waals surface area contributed by atoms with Crippen molar-refractivity contribution in [2.45, 2.75) is 38.2 Å². The molecule has 5 nitrogen and oxygen atoms in total. The van der Waals surface area contributed by atoms with Crippen molar-refractivity contribution in [1.29, 1.82) is 0 Å². The van der Waals surface area contributed by atoms with Gasteiger partial charge in [-0.15, -0.1) is 0 Å². The number of hydrogen-bond acceptors (Lipinski definition) is 3. The predicted molar refractivity (Wildman–Crippen MR) is 92.0 cm³/mol. The number of rotatable bonds is 1. The number of piperidine rings is 1. The number of aromatic amines is 1. The van der Waals surface area contributed by atoms with Gasteiger partial charge in [0.15, 0.2) is 0 Å². The highest BCUT2D eigenvalue weighted by atomic mass is 16.3. The average molecular weight is 326 g/mol. The molecule has 1 aliphatic carbocycles. The Morgan fingerprint density at radius 1 is 1.25 bits per heavy atom. The molecule has 1 aliphatic heterocycles. The minimum atomic E-state index is -0.316. The molecule has 24 heavy (non-hydrogen) atoms. The fourth-order valence-electron chi connectivity index (χ4n) is 4.48. The number of carbonyl (C=O) groups excluding carboxylic acids is 1. The summed E-state index contributed by atoms with van der Waals surface area (Å²) in [7, 11) is 0. The summed E-state index contributed by atoms with van der Waals surface area (Å²) in [6, 6.07) is 8.79. The summed E-state index contributed by atoms with van der Waals surface area (Å²) in [5.74, 6) is -0.101. The molecule has 1 spiro atoms. The largest absolute Gasteiger partial charge is 0.392 e. The predicted octanol–water partition coefficient (Wildman–Crippen LogP) is 2.30. The summed E-state index contributed by atoms with van der Waals surface area (Å²) in [4.78, 5) is 29.6. The molecule has 1 aromatic heterocycles. The lowest BCUT2D eigenvalue weighted by Gasteiger charge is -2.42. The van der Waals surface area contributed by atoms with E-state index >= 15 is 0 Å². The molecule has 5 heteroatoms. The number of hydrogen-bond donors (Lipinski definition) is 2. The first-order chi connectivity index (χ1) is 11.6. The average Bonchev–Trinajstić information content (AvgIpc) is 2.93. The summed E-state index contributed by atoms with van der Waals surface area (Å²) in [6.07, 6.45) is 4.41. The second kappa shape index (κ2) is 5.74. The molecule has 1 aromatic carbocycles. The number of nitrogens with zero attached hydrogens (tertiary/aromatic N) is 1. The minimum Gasteiger partial charge on any atom is -0.392 e. The van der Waals surface area contributed by atoms with Gasteiger partial charge in [-0.3, -0.25) is 9.59 Å². The van der Waals surface area contributed by atoms with Crippen molar-refractivity contribution in [2.24, 2.45) is 5.41 Å². The van der Waals surface area contributed by atoms with Gasteiger partial charge < -0.3 is 15.0 Å². The van der Waals surface area contributed by atoms with Crippen molar-refractivity contribution in [1.82, 2.24) is 9.88 Å². The summed E-state index contributed by atoms with van der Waals surface area (Å²) < 4.78 is 0. The van der Waals surface area contributed by atoms with E-state index in [1.807, 2.05) is 29.2 Å². The fraction of sp³-hybridized carbons (Fsp3) is 0.474. The zero-order valence-corrected chi connectivity index (χ0v) is 13.6. The van der Waals surface area contributed by atoms with E-state index in [1.165, 1.54) is 6.07 Å². The van der Waals surface area contributed by atoms with Crippen molar-refractivity contribution < 1.29 is 9.90 Å². The summed E-state index contributed by atoms with van der Waals surface area (Å²) >= 11 is 0. The molecule has 1 amide bonds. The lowest BCUT2D eigenvalue weighted by Crippen LogP contribution is -2.49. The van der Waals surface area contributed by atoms with Gasteiger partial charge in [-0.1, -0.05) is 24.6 Å². The number of aliphatic hydroxyl groups is 1. The van der Waals surface area contributed by atoms with Gasteiger partial charge in [-0.2, -0.15) is 0 Å². The van der Waals surface area contributed by atoms with Crippen molar-refractivity contribution in [3.8, 4) is 0 Å². The van der Waals surface area contributed by atoms with Crippen molar-refractivity contribution in [3.05, 3.63) is 46.2 Å². The van der Waals surface area contributed by atoms with Crippen LogP contribution in [-0.4, -0.2) is 40.1 Å². The Kier molecular flexibility index (Phi) is 3.68. The van der Waals surface area contributed by atoms with Gasteiger partial charge in [0.25, 0.3) is 5.91 Å². The maximum Gasteiger partial charge on any atom is 0.254 e. The fourth-order valence-corrected chi connectivity index (χ4v) is 4.48. The van der Waals surface area contributed by atoms with Crippen LogP contribution in [0.1, 0.15) is 42.5 Å². The van der Waals surface area contributed by atoms with Crippen LogP contribution in [0.5, 0.6) is 0 Å². The molecule has 0 radical (unpaired) electrons. The van der Waals surface area contributed by atoms with Crippen LogP contribution in [0.25, 0.3) is 10.9 Å². The second-order valence-corrected chi connectivity index (χ2v) is 7.19. The number of benzene rings is 1. The van der Waals surface area contributed by atoms with Crippen molar-refractivity contribution >= 4 is 16.8 Å².